The number of rotatable bonds is 4. The van der Waals surface area contributed by atoms with Crippen LogP contribution in [0.25, 0.3) is 0 Å². The zero-order chi connectivity index (χ0) is 12.5. The Morgan fingerprint density at radius 3 is 2.94 bits per heavy atom. The molecule has 18 heavy (non-hydrogen) atoms. The van der Waals surface area contributed by atoms with Crippen molar-refractivity contribution in [3.05, 3.63) is 27.4 Å². The van der Waals surface area contributed by atoms with Gasteiger partial charge in [-0.15, -0.1) is 0 Å². The lowest BCUT2D eigenvalue weighted by Crippen LogP contribution is -2.26. The quantitative estimate of drug-likeness (QED) is 0.788. The molecule has 3 rings (SSSR count). The molecular weight excluding hydrogens is 252 g/mol. The molecule has 1 aliphatic heterocycles. The standard InChI is InChI=1S/C13H17ClN2O2/c14-11-8-12(17)16(13(15-11)9-3-4-9)6-5-10-2-1-7-18-10/h8-10H,1-7H2. The van der Waals surface area contributed by atoms with Crippen LogP contribution in [0.5, 0.6) is 0 Å². The fourth-order valence-corrected chi connectivity index (χ4v) is 2.70. The van der Waals surface area contributed by atoms with E-state index in [-0.39, 0.29) is 5.56 Å². The maximum absolute atomic E-state index is 12.0. The second-order valence-corrected chi connectivity index (χ2v) is 5.51. The van der Waals surface area contributed by atoms with Crippen LogP contribution in [0, 0.1) is 0 Å². The van der Waals surface area contributed by atoms with Crippen LogP contribution in [0.3, 0.4) is 0 Å². The van der Waals surface area contributed by atoms with Gasteiger partial charge in [-0.05, 0) is 32.1 Å². The SMILES string of the molecule is O=c1cc(Cl)nc(C2CC2)n1CCC1CCCO1. The summed E-state index contributed by atoms with van der Waals surface area (Å²) in [4.78, 5) is 16.3. The molecule has 1 aromatic rings. The van der Waals surface area contributed by atoms with E-state index in [0.717, 1.165) is 44.5 Å². The lowest BCUT2D eigenvalue weighted by molar-refractivity contribution is 0.0998. The van der Waals surface area contributed by atoms with Crippen molar-refractivity contribution in [1.82, 2.24) is 9.55 Å². The fourth-order valence-electron chi connectivity index (χ4n) is 2.52. The Kier molecular flexibility index (Phi) is 3.39. The minimum atomic E-state index is -0.0325. The molecule has 0 spiro atoms. The Morgan fingerprint density at radius 1 is 1.44 bits per heavy atom. The highest BCUT2D eigenvalue weighted by molar-refractivity contribution is 6.29. The third-order valence-corrected chi connectivity index (χ3v) is 3.84. The fraction of sp³-hybridized carbons (Fsp3) is 0.692. The number of halogens is 1. The van der Waals surface area contributed by atoms with Gasteiger partial charge in [0.15, 0.2) is 0 Å². The van der Waals surface area contributed by atoms with Gasteiger partial charge in [0.05, 0.1) is 6.10 Å². The molecule has 2 fully saturated rings. The van der Waals surface area contributed by atoms with Crippen molar-refractivity contribution >= 4 is 11.6 Å². The summed E-state index contributed by atoms with van der Waals surface area (Å²) in [5.41, 5.74) is -0.0325. The van der Waals surface area contributed by atoms with Gasteiger partial charge in [0, 0.05) is 25.1 Å². The molecule has 5 heteroatoms. The normalized spacial score (nSPS) is 23.5. The van der Waals surface area contributed by atoms with Gasteiger partial charge in [-0.2, -0.15) is 0 Å². The molecule has 0 bridgehead atoms. The summed E-state index contributed by atoms with van der Waals surface area (Å²) in [6.07, 6.45) is 5.67. The van der Waals surface area contributed by atoms with Crippen LogP contribution < -0.4 is 5.56 Å². The van der Waals surface area contributed by atoms with Gasteiger partial charge < -0.3 is 4.74 Å². The minimum absolute atomic E-state index is 0.0325. The van der Waals surface area contributed by atoms with Crippen molar-refractivity contribution in [2.45, 2.75) is 50.7 Å². The van der Waals surface area contributed by atoms with E-state index in [0.29, 0.717) is 23.7 Å². The summed E-state index contributed by atoms with van der Waals surface area (Å²) in [7, 11) is 0. The van der Waals surface area contributed by atoms with Crippen LogP contribution in [0.1, 0.15) is 43.8 Å². The van der Waals surface area contributed by atoms with Crippen molar-refractivity contribution < 1.29 is 4.74 Å². The first kappa shape index (κ1) is 12.2. The summed E-state index contributed by atoms with van der Waals surface area (Å²) < 4.78 is 7.38. The Labute approximate surface area is 111 Å². The second kappa shape index (κ2) is 5.02. The molecule has 2 aliphatic rings. The van der Waals surface area contributed by atoms with Crippen molar-refractivity contribution in [2.24, 2.45) is 0 Å². The molecule has 1 unspecified atom stereocenters. The van der Waals surface area contributed by atoms with E-state index in [9.17, 15) is 4.79 Å². The molecular formula is C13H17ClN2O2. The van der Waals surface area contributed by atoms with Crippen molar-refractivity contribution in [2.75, 3.05) is 6.61 Å². The van der Waals surface area contributed by atoms with Gasteiger partial charge in [-0.3, -0.25) is 9.36 Å². The zero-order valence-electron chi connectivity index (χ0n) is 10.3. The first-order chi connectivity index (χ1) is 8.74. The maximum atomic E-state index is 12.0. The Bertz CT molecular complexity index is 490. The molecule has 1 atom stereocenters. The van der Waals surface area contributed by atoms with Crippen LogP contribution in [-0.4, -0.2) is 22.3 Å². The maximum Gasteiger partial charge on any atom is 0.254 e. The molecule has 1 aromatic heterocycles. The van der Waals surface area contributed by atoms with Crippen molar-refractivity contribution in [3.63, 3.8) is 0 Å². The van der Waals surface area contributed by atoms with E-state index in [1.807, 2.05) is 0 Å². The first-order valence-electron chi connectivity index (χ1n) is 6.63. The molecule has 0 aromatic carbocycles. The topological polar surface area (TPSA) is 44.1 Å². The summed E-state index contributed by atoms with van der Waals surface area (Å²) in [6.45, 7) is 1.55. The molecule has 0 amide bonds. The third kappa shape index (κ3) is 2.59. The number of nitrogens with zero attached hydrogens (tertiary/aromatic N) is 2. The highest BCUT2D eigenvalue weighted by Crippen LogP contribution is 2.38. The molecule has 1 aliphatic carbocycles. The van der Waals surface area contributed by atoms with Crippen molar-refractivity contribution in [3.8, 4) is 0 Å². The van der Waals surface area contributed by atoms with Gasteiger partial charge in [0.2, 0.25) is 0 Å². The van der Waals surface area contributed by atoms with Gasteiger partial charge in [-0.25, -0.2) is 4.98 Å². The number of aromatic nitrogens is 2. The van der Waals surface area contributed by atoms with E-state index in [2.05, 4.69) is 4.98 Å². The predicted molar refractivity (Wildman–Crippen MR) is 69.1 cm³/mol. The number of hydrogen-bond acceptors (Lipinski definition) is 3. The summed E-state index contributed by atoms with van der Waals surface area (Å²) in [5, 5.41) is 0.315. The highest BCUT2D eigenvalue weighted by Gasteiger charge is 2.29. The average molecular weight is 269 g/mol. The smallest absolute Gasteiger partial charge is 0.254 e. The van der Waals surface area contributed by atoms with E-state index >= 15 is 0 Å². The van der Waals surface area contributed by atoms with Gasteiger partial charge in [0.1, 0.15) is 11.0 Å². The number of ether oxygens (including phenoxy) is 1. The molecule has 0 N–H and O–H groups in total. The second-order valence-electron chi connectivity index (χ2n) is 5.12. The van der Waals surface area contributed by atoms with Gasteiger partial charge in [-0.1, -0.05) is 11.6 Å². The molecule has 0 radical (unpaired) electrons. The van der Waals surface area contributed by atoms with Gasteiger partial charge >= 0.3 is 0 Å². The van der Waals surface area contributed by atoms with Crippen LogP contribution in [-0.2, 0) is 11.3 Å². The van der Waals surface area contributed by atoms with Crippen molar-refractivity contribution in [1.29, 1.82) is 0 Å². The third-order valence-electron chi connectivity index (χ3n) is 3.65. The monoisotopic (exact) mass is 268 g/mol. The number of hydrogen-bond donors (Lipinski definition) is 0. The van der Waals surface area contributed by atoms with Gasteiger partial charge in [0.25, 0.3) is 5.56 Å². The summed E-state index contributed by atoms with van der Waals surface area (Å²) >= 11 is 5.87. The van der Waals surface area contributed by atoms with Crippen LogP contribution in [0.15, 0.2) is 10.9 Å². The summed E-state index contributed by atoms with van der Waals surface area (Å²) in [5.74, 6) is 1.30. The van der Waals surface area contributed by atoms with E-state index in [4.69, 9.17) is 16.3 Å². The largest absolute Gasteiger partial charge is 0.378 e. The molecule has 1 saturated carbocycles. The average Bonchev–Trinajstić information content (AvgIpc) is 3.05. The lowest BCUT2D eigenvalue weighted by Gasteiger charge is -2.14. The van der Waals surface area contributed by atoms with Crippen LogP contribution in [0.2, 0.25) is 5.15 Å². The van der Waals surface area contributed by atoms with Crippen LogP contribution in [0.4, 0.5) is 0 Å². The summed E-state index contributed by atoms with van der Waals surface area (Å²) in [6, 6.07) is 1.41. The Hall–Kier alpha value is -0.870. The highest BCUT2D eigenvalue weighted by atomic mass is 35.5. The first-order valence-corrected chi connectivity index (χ1v) is 7.01. The van der Waals surface area contributed by atoms with Crippen LogP contribution >= 0.6 is 11.6 Å². The minimum Gasteiger partial charge on any atom is -0.378 e. The Morgan fingerprint density at radius 2 is 2.28 bits per heavy atom. The molecule has 2 heterocycles. The molecule has 98 valence electrons. The molecule has 4 nitrogen and oxygen atoms in total. The van der Waals surface area contributed by atoms with E-state index in [1.54, 1.807) is 4.57 Å². The van der Waals surface area contributed by atoms with E-state index in [1.165, 1.54) is 6.07 Å². The molecule has 1 saturated heterocycles. The Balaban J connectivity index is 1.78. The predicted octanol–water partition coefficient (Wildman–Crippen LogP) is 2.34. The lowest BCUT2D eigenvalue weighted by atomic mass is 10.2. The van der Waals surface area contributed by atoms with E-state index < -0.39 is 0 Å². The zero-order valence-corrected chi connectivity index (χ0v) is 11.0.